The molecule has 0 saturated heterocycles. The van der Waals surface area contributed by atoms with Crippen molar-refractivity contribution >= 4 is 11.7 Å². The Kier molecular flexibility index (Phi) is 5.49. The molecule has 1 amide bonds. The van der Waals surface area contributed by atoms with Gasteiger partial charge in [0.1, 0.15) is 13.2 Å². The highest BCUT2D eigenvalue weighted by atomic mass is 16.6. The quantitative estimate of drug-likeness (QED) is 0.809. The molecule has 1 N–H and O–H groups in total. The van der Waals surface area contributed by atoms with Crippen LogP contribution in [0.2, 0.25) is 0 Å². The number of nitriles is 1. The van der Waals surface area contributed by atoms with Crippen molar-refractivity contribution in [2.45, 2.75) is 19.4 Å². The van der Waals surface area contributed by atoms with Crippen molar-refractivity contribution in [3.63, 3.8) is 0 Å². The van der Waals surface area contributed by atoms with E-state index in [2.05, 4.69) is 11.4 Å². The number of rotatable bonds is 6. The molecule has 0 aromatic heterocycles. The predicted octanol–water partition coefficient (Wildman–Crippen LogP) is 2.61. The van der Waals surface area contributed by atoms with Gasteiger partial charge in [-0.25, -0.2) is 0 Å². The van der Waals surface area contributed by atoms with Gasteiger partial charge in [0.2, 0.25) is 5.91 Å². The van der Waals surface area contributed by atoms with E-state index in [-0.39, 0.29) is 24.5 Å². The zero-order valence-electron chi connectivity index (χ0n) is 14.2. The van der Waals surface area contributed by atoms with Gasteiger partial charge in [-0.1, -0.05) is 12.1 Å². The van der Waals surface area contributed by atoms with Gasteiger partial charge >= 0.3 is 0 Å². The number of nitrogens with one attached hydrogen (secondary N) is 1. The number of carbonyl (C=O) groups is 2. The lowest BCUT2D eigenvalue weighted by Gasteiger charge is -2.18. The Balaban J connectivity index is 1.49. The zero-order valence-corrected chi connectivity index (χ0v) is 14.2. The van der Waals surface area contributed by atoms with Crippen molar-refractivity contribution < 1.29 is 19.1 Å². The van der Waals surface area contributed by atoms with Gasteiger partial charge in [0, 0.05) is 24.9 Å². The van der Waals surface area contributed by atoms with Crippen molar-refractivity contribution in [2.75, 3.05) is 13.2 Å². The van der Waals surface area contributed by atoms with Gasteiger partial charge in [-0.3, -0.25) is 9.59 Å². The Bertz CT molecular complexity index is 870. The maximum atomic E-state index is 12.3. The van der Waals surface area contributed by atoms with Crippen LogP contribution in [-0.4, -0.2) is 24.9 Å². The second-order valence-corrected chi connectivity index (χ2v) is 5.87. The van der Waals surface area contributed by atoms with Gasteiger partial charge in [0.15, 0.2) is 17.3 Å². The van der Waals surface area contributed by atoms with Gasteiger partial charge in [-0.05, 0) is 35.9 Å². The summed E-state index contributed by atoms with van der Waals surface area (Å²) in [6.45, 7) is 1.28. The number of ether oxygens (including phenoxy) is 2. The first-order valence-electron chi connectivity index (χ1n) is 8.34. The minimum atomic E-state index is -0.210. The number of nitrogens with zero attached hydrogens (tertiary/aromatic N) is 1. The van der Waals surface area contributed by atoms with Crippen LogP contribution in [0.5, 0.6) is 11.5 Å². The topological polar surface area (TPSA) is 88.4 Å². The first-order chi connectivity index (χ1) is 12.7. The molecule has 0 bridgehead atoms. The lowest BCUT2D eigenvalue weighted by atomic mass is 10.1. The Morgan fingerprint density at radius 3 is 2.65 bits per heavy atom. The van der Waals surface area contributed by atoms with Crippen LogP contribution < -0.4 is 14.8 Å². The van der Waals surface area contributed by atoms with Crippen LogP contribution in [0.3, 0.4) is 0 Å². The van der Waals surface area contributed by atoms with Crippen molar-refractivity contribution in [2.24, 2.45) is 0 Å². The van der Waals surface area contributed by atoms with Crippen LogP contribution >= 0.6 is 0 Å². The molecule has 1 heterocycles. The molecule has 6 heteroatoms. The van der Waals surface area contributed by atoms with Crippen LogP contribution in [0, 0.1) is 11.3 Å². The summed E-state index contributed by atoms with van der Waals surface area (Å²) in [4.78, 5) is 24.2. The SMILES string of the molecule is N#Cc1cccc(CNC(=O)CCC(=O)c2ccc3c(c2)OCCO3)c1. The molecule has 1 aliphatic rings. The van der Waals surface area contributed by atoms with Crippen molar-refractivity contribution in [1.82, 2.24) is 5.32 Å². The van der Waals surface area contributed by atoms with E-state index in [1.165, 1.54) is 0 Å². The van der Waals surface area contributed by atoms with Crippen molar-refractivity contribution in [1.29, 1.82) is 5.26 Å². The van der Waals surface area contributed by atoms with Gasteiger partial charge in [-0.2, -0.15) is 5.26 Å². The standard InChI is InChI=1S/C20H18N2O4/c21-12-14-2-1-3-15(10-14)13-22-20(24)7-5-17(23)16-4-6-18-19(11-16)26-9-8-25-18/h1-4,6,10-11H,5,7-9,13H2,(H,22,24). The van der Waals surface area contributed by atoms with E-state index in [1.54, 1.807) is 36.4 Å². The zero-order chi connectivity index (χ0) is 18.4. The van der Waals surface area contributed by atoms with E-state index in [9.17, 15) is 9.59 Å². The number of hydrogen-bond acceptors (Lipinski definition) is 5. The van der Waals surface area contributed by atoms with E-state index in [0.29, 0.717) is 42.4 Å². The monoisotopic (exact) mass is 350 g/mol. The summed E-state index contributed by atoms with van der Waals surface area (Å²) < 4.78 is 10.9. The van der Waals surface area contributed by atoms with Crippen LogP contribution in [0.1, 0.15) is 34.3 Å². The Labute approximate surface area is 151 Å². The molecule has 132 valence electrons. The highest BCUT2D eigenvalue weighted by Crippen LogP contribution is 2.31. The van der Waals surface area contributed by atoms with Gasteiger partial charge < -0.3 is 14.8 Å². The minimum Gasteiger partial charge on any atom is -0.486 e. The summed E-state index contributed by atoms with van der Waals surface area (Å²) in [5.74, 6) is 0.857. The van der Waals surface area contributed by atoms with E-state index in [4.69, 9.17) is 14.7 Å². The number of fused-ring (bicyclic) bond motifs is 1. The summed E-state index contributed by atoms with van der Waals surface area (Å²) >= 11 is 0. The van der Waals surface area contributed by atoms with Crippen molar-refractivity contribution in [3.8, 4) is 17.6 Å². The van der Waals surface area contributed by atoms with E-state index < -0.39 is 0 Å². The van der Waals surface area contributed by atoms with Crippen LogP contribution in [0.15, 0.2) is 42.5 Å². The minimum absolute atomic E-state index is 0.102. The van der Waals surface area contributed by atoms with E-state index >= 15 is 0 Å². The third-order valence-electron chi connectivity index (χ3n) is 3.99. The predicted molar refractivity (Wildman–Crippen MR) is 94.0 cm³/mol. The van der Waals surface area contributed by atoms with Gasteiger partial charge in [-0.15, -0.1) is 0 Å². The lowest BCUT2D eigenvalue weighted by Crippen LogP contribution is -2.23. The number of amides is 1. The average molecular weight is 350 g/mol. The number of hydrogen-bond donors (Lipinski definition) is 1. The summed E-state index contributed by atoms with van der Waals surface area (Å²) in [5, 5.41) is 11.6. The molecule has 3 rings (SSSR count). The van der Waals surface area contributed by atoms with Crippen LogP contribution in [0.4, 0.5) is 0 Å². The normalized spacial score (nSPS) is 12.1. The highest BCUT2D eigenvalue weighted by molar-refractivity contribution is 5.98. The Morgan fingerprint density at radius 1 is 1.04 bits per heavy atom. The van der Waals surface area contributed by atoms with E-state index in [1.807, 2.05) is 6.07 Å². The fourth-order valence-electron chi connectivity index (χ4n) is 2.63. The molecule has 26 heavy (non-hydrogen) atoms. The second kappa shape index (κ2) is 8.17. The highest BCUT2D eigenvalue weighted by Gasteiger charge is 2.15. The molecule has 0 atom stereocenters. The largest absolute Gasteiger partial charge is 0.486 e. The van der Waals surface area contributed by atoms with E-state index in [0.717, 1.165) is 5.56 Å². The third-order valence-corrected chi connectivity index (χ3v) is 3.99. The number of Topliss-reactive ketones (excluding diaryl/α,β-unsaturated/α-hetero) is 1. The molecule has 0 spiro atoms. The summed E-state index contributed by atoms with van der Waals surface area (Å²) in [7, 11) is 0. The maximum Gasteiger partial charge on any atom is 0.220 e. The summed E-state index contributed by atoms with van der Waals surface area (Å²) in [6, 6.07) is 14.1. The molecule has 0 radical (unpaired) electrons. The van der Waals surface area contributed by atoms with Crippen LogP contribution in [0.25, 0.3) is 0 Å². The fraction of sp³-hybridized carbons (Fsp3) is 0.250. The second-order valence-electron chi connectivity index (χ2n) is 5.87. The first-order valence-corrected chi connectivity index (χ1v) is 8.34. The molecule has 2 aromatic rings. The molecule has 0 unspecified atom stereocenters. The number of carbonyl (C=O) groups excluding carboxylic acids is 2. The lowest BCUT2D eigenvalue weighted by molar-refractivity contribution is -0.121. The molecule has 0 fully saturated rings. The van der Waals surface area contributed by atoms with Crippen LogP contribution in [-0.2, 0) is 11.3 Å². The molecular formula is C20H18N2O4. The molecular weight excluding hydrogens is 332 g/mol. The Hall–Kier alpha value is -3.33. The summed E-state index contributed by atoms with van der Waals surface area (Å²) in [5.41, 5.74) is 1.89. The molecule has 6 nitrogen and oxygen atoms in total. The first kappa shape index (κ1) is 17.5. The van der Waals surface area contributed by atoms with Crippen molar-refractivity contribution in [3.05, 3.63) is 59.2 Å². The Morgan fingerprint density at radius 2 is 1.85 bits per heavy atom. The maximum absolute atomic E-state index is 12.3. The average Bonchev–Trinajstić information content (AvgIpc) is 2.70. The fourth-order valence-corrected chi connectivity index (χ4v) is 2.63. The molecule has 1 aliphatic heterocycles. The van der Waals surface area contributed by atoms with Gasteiger partial charge in [0.05, 0.1) is 11.6 Å². The number of benzene rings is 2. The molecule has 0 saturated carbocycles. The molecule has 2 aromatic carbocycles. The third kappa shape index (κ3) is 4.39. The summed E-state index contributed by atoms with van der Waals surface area (Å²) in [6.07, 6.45) is 0.217. The smallest absolute Gasteiger partial charge is 0.220 e. The number of ketones is 1. The molecule has 0 aliphatic carbocycles. The van der Waals surface area contributed by atoms with Gasteiger partial charge in [0.25, 0.3) is 0 Å².